The maximum Gasteiger partial charge on any atom is -1.00 e. The fourth-order valence-corrected chi connectivity index (χ4v) is 27.4. The largest absolute Gasteiger partial charge is 1.00 e. The van der Waals surface area contributed by atoms with Gasteiger partial charge in [0.25, 0.3) is 0 Å². The summed E-state index contributed by atoms with van der Waals surface area (Å²) >= 11 is -2.83. The van der Waals surface area contributed by atoms with Gasteiger partial charge in [0.1, 0.15) is 0 Å². The fourth-order valence-electron chi connectivity index (χ4n) is 7.17. The molecular weight excluding hydrogens is 687 g/mol. The normalized spacial score (nSPS) is 15.6. The van der Waals surface area contributed by atoms with Crippen LogP contribution in [0, 0.1) is 13.8 Å². The third-order valence-electron chi connectivity index (χ3n) is 9.10. The molecule has 0 saturated carbocycles. The molecule has 0 saturated heterocycles. The van der Waals surface area contributed by atoms with E-state index in [-0.39, 0.29) is 24.8 Å². The summed E-state index contributed by atoms with van der Waals surface area (Å²) in [6.07, 6.45) is 5.27. The molecule has 0 fully saturated rings. The van der Waals surface area contributed by atoms with E-state index >= 15 is 0 Å². The topological polar surface area (TPSA) is 0 Å². The second-order valence-corrected chi connectivity index (χ2v) is 30.8. The maximum atomic E-state index is 2.66. The van der Waals surface area contributed by atoms with Crippen molar-refractivity contribution in [2.75, 3.05) is 0 Å². The van der Waals surface area contributed by atoms with E-state index in [2.05, 4.69) is 162 Å². The molecule has 0 aliphatic heterocycles. The second kappa shape index (κ2) is 13.5. The molecule has 226 valence electrons. The van der Waals surface area contributed by atoms with Crippen LogP contribution in [0.1, 0.15) is 37.0 Å². The number of allylic oxidation sites excluding steroid dienone is 4. The van der Waals surface area contributed by atoms with Crippen LogP contribution in [0.5, 0.6) is 0 Å². The standard InChI is InChI=1S/C15H13.C13H10.C11H21Si2.2ClH.Zr/c1-10-3-5-14-12(7-10)9-13-8-11(2)4-6-15(13)14;1-3-7-12(8-4-1)11-13-9-5-2-6-10-13;1-12(2,3)10-7-8-11(9-10)13(4,5)6;;;/h3-9H,1-2H3;1-10H;7-8,10H,1-6H3;2*1H;/q;;;;;+2/p-2. The van der Waals surface area contributed by atoms with Crippen LogP contribution in [0.4, 0.5) is 0 Å². The van der Waals surface area contributed by atoms with E-state index in [0.29, 0.717) is 9.17 Å². The zero-order valence-electron chi connectivity index (χ0n) is 27.3. The Morgan fingerprint density at radius 1 is 0.614 bits per heavy atom. The third-order valence-corrected chi connectivity index (χ3v) is 23.4. The quantitative estimate of drug-likeness (QED) is 0.253. The van der Waals surface area contributed by atoms with E-state index in [0.717, 1.165) is 0 Å². The summed E-state index contributed by atoms with van der Waals surface area (Å²) in [7, 11) is -3.18. The Morgan fingerprint density at radius 2 is 1.07 bits per heavy atom. The van der Waals surface area contributed by atoms with Crippen LogP contribution in [0.15, 0.2) is 118 Å². The van der Waals surface area contributed by atoms with Crippen LogP contribution in [-0.2, 0) is 21.3 Å². The summed E-state index contributed by atoms with van der Waals surface area (Å²) < 4.78 is 4.03. The van der Waals surface area contributed by atoms with E-state index in [1.54, 1.807) is 19.5 Å². The smallest absolute Gasteiger partial charge is 1.00 e. The summed E-state index contributed by atoms with van der Waals surface area (Å²) in [5.41, 5.74) is 12.3. The van der Waals surface area contributed by atoms with Crippen LogP contribution in [-0.4, -0.2) is 19.4 Å². The molecule has 1 atom stereocenters. The van der Waals surface area contributed by atoms with Crippen molar-refractivity contribution in [3.63, 3.8) is 0 Å². The van der Waals surface area contributed by atoms with Gasteiger partial charge in [-0.3, -0.25) is 0 Å². The molecule has 0 amide bonds. The average Bonchev–Trinajstić information content (AvgIpc) is 3.53. The van der Waals surface area contributed by atoms with Crippen molar-refractivity contribution in [3.05, 3.63) is 151 Å². The Labute approximate surface area is 287 Å². The molecule has 0 spiro atoms. The minimum absolute atomic E-state index is 0. The van der Waals surface area contributed by atoms with Crippen molar-refractivity contribution in [3.8, 4) is 11.1 Å². The van der Waals surface area contributed by atoms with Crippen LogP contribution < -0.4 is 24.8 Å². The predicted molar refractivity (Wildman–Crippen MR) is 186 cm³/mol. The SMILES string of the molecule is Cc1ccc2c(c1)[CH]([Zr+2]([C]1=C([Si](C)(C)C)C=CC1[Si](C)(C)C)=[C](c1ccccc1)c1ccccc1)c1cc(C)ccc1-2.[Cl-].[Cl-]. The number of aryl methyl sites for hydroxylation is 2. The van der Waals surface area contributed by atoms with Gasteiger partial charge in [-0.25, -0.2) is 0 Å². The van der Waals surface area contributed by atoms with Gasteiger partial charge in [0.05, 0.1) is 0 Å². The molecule has 0 aromatic heterocycles. The van der Waals surface area contributed by atoms with E-state index < -0.39 is 37.4 Å². The van der Waals surface area contributed by atoms with E-state index in [1.807, 2.05) is 3.28 Å². The van der Waals surface area contributed by atoms with E-state index in [1.165, 1.54) is 33.4 Å². The Morgan fingerprint density at radius 3 is 1.48 bits per heavy atom. The van der Waals surface area contributed by atoms with Gasteiger partial charge in [0.15, 0.2) is 0 Å². The van der Waals surface area contributed by atoms with Crippen LogP contribution in [0.2, 0.25) is 44.8 Å². The number of halogens is 2. The maximum absolute atomic E-state index is 2.83. The van der Waals surface area contributed by atoms with Gasteiger partial charge in [-0.05, 0) is 0 Å². The molecule has 2 aliphatic rings. The molecule has 5 heteroatoms. The minimum atomic E-state index is -2.83. The Bertz CT molecular complexity index is 1660. The summed E-state index contributed by atoms with van der Waals surface area (Å²) in [5, 5.41) is 1.75. The van der Waals surface area contributed by atoms with Gasteiger partial charge < -0.3 is 24.8 Å². The minimum Gasteiger partial charge on any atom is -1.00 e. The number of hydrogen-bond acceptors (Lipinski definition) is 0. The molecule has 0 bridgehead atoms. The second-order valence-electron chi connectivity index (χ2n) is 14.4. The third kappa shape index (κ3) is 6.51. The van der Waals surface area contributed by atoms with Gasteiger partial charge in [-0.1, -0.05) is 0 Å². The first-order chi connectivity index (χ1) is 19.9. The van der Waals surface area contributed by atoms with Crippen molar-refractivity contribution in [2.45, 2.75) is 62.3 Å². The van der Waals surface area contributed by atoms with E-state index in [4.69, 9.17) is 0 Å². The number of fused-ring (bicyclic) bond motifs is 3. The molecule has 0 radical (unpaired) electrons. The van der Waals surface area contributed by atoms with Crippen molar-refractivity contribution < 1.29 is 46.1 Å². The van der Waals surface area contributed by atoms with Crippen molar-refractivity contribution >= 4 is 19.4 Å². The monoisotopic (exact) mass is 728 g/mol. The number of hydrogen-bond donors (Lipinski definition) is 0. The van der Waals surface area contributed by atoms with Crippen LogP contribution in [0.3, 0.4) is 0 Å². The molecule has 44 heavy (non-hydrogen) atoms. The Kier molecular flexibility index (Phi) is 10.7. The summed E-state index contributed by atoms with van der Waals surface area (Å²) in [5.74, 6) is 0. The molecular formula is C39H44Cl2Si2Zr. The number of benzene rings is 4. The predicted octanol–water partition coefficient (Wildman–Crippen LogP) is 4.68. The molecule has 2 aliphatic carbocycles. The first kappa shape index (κ1) is 35.0. The van der Waals surface area contributed by atoms with Crippen LogP contribution >= 0.6 is 0 Å². The summed E-state index contributed by atoms with van der Waals surface area (Å²) in [6, 6.07) is 37.5. The van der Waals surface area contributed by atoms with Gasteiger partial charge in [0, 0.05) is 0 Å². The zero-order chi connectivity index (χ0) is 29.8. The molecule has 4 aromatic carbocycles. The molecule has 0 nitrogen and oxygen atoms in total. The first-order valence-electron chi connectivity index (χ1n) is 15.4. The van der Waals surface area contributed by atoms with Crippen LogP contribution in [0.25, 0.3) is 11.1 Å². The molecule has 1 unspecified atom stereocenters. The first-order valence-corrected chi connectivity index (χ1v) is 26.4. The van der Waals surface area contributed by atoms with Crippen molar-refractivity contribution in [1.29, 1.82) is 0 Å². The van der Waals surface area contributed by atoms with Gasteiger partial charge in [-0.15, -0.1) is 0 Å². The molecule has 4 aromatic rings. The zero-order valence-corrected chi connectivity index (χ0v) is 33.3. The molecule has 6 rings (SSSR count). The van der Waals surface area contributed by atoms with Gasteiger partial charge >= 0.3 is 265 Å². The summed E-state index contributed by atoms with van der Waals surface area (Å²) in [6.45, 7) is 20.1. The van der Waals surface area contributed by atoms with Gasteiger partial charge in [-0.2, -0.15) is 0 Å². The van der Waals surface area contributed by atoms with Gasteiger partial charge in [0.2, 0.25) is 0 Å². The van der Waals surface area contributed by atoms with Crippen molar-refractivity contribution in [2.24, 2.45) is 0 Å². The summed E-state index contributed by atoms with van der Waals surface area (Å²) in [4.78, 5) is 0. The van der Waals surface area contributed by atoms with Crippen molar-refractivity contribution in [1.82, 2.24) is 0 Å². The molecule has 0 N–H and O–H groups in total. The molecule has 0 heterocycles. The van der Waals surface area contributed by atoms with E-state index in [9.17, 15) is 0 Å². The Hall–Kier alpha value is -1.87. The number of rotatable bonds is 6. The fraction of sp³-hybridized carbons (Fsp3) is 0.256. The average molecular weight is 731 g/mol. The Balaban J connectivity index is 0.00000221.